The molecular weight excluding hydrogens is 330 g/mol. The number of ether oxygens (including phenoxy) is 3. The standard InChI is InChI=1S/C21H23NO4/c1-4-5-16-12-17(7-8-18(16)24-3)21(23)22-14(2)15-6-9-19-20(13-15)26-11-10-25-19/h4,6-9,12-14H,1,5,10-11H2,2-3H3,(H,22,23)/t14-/m1/s1. The number of fused-ring (bicyclic) bond motifs is 1. The second-order valence-corrected chi connectivity index (χ2v) is 6.12. The molecule has 1 amide bonds. The molecule has 0 aliphatic carbocycles. The van der Waals surface area contributed by atoms with E-state index >= 15 is 0 Å². The van der Waals surface area contributed by atoms with E-state index in [1.165, 1.54) is 0 Å². The molecule has 1 aliphatic heterocycles. The smallest absolute Gasteiger partial charge is 0.251 e. The van der Waals surface area contributed by atoms with Gasteiger partial charge < -0.3 is 19.5 Å². The first kappa shape index (κ1) is 17.9. The van der Waals surface area contributed by atoms with Crippen LogP contribution in [0.4, 0.5) is 0 Å². The normalized spacial score (nSPS) is 13.6. The van der Waals surface area contributed by atoms with Crippen LogP contribution < -0.4 is 19.5 Å². The first-order valence-corrected chi connectivity index (χ1v) is 8.60. The number of carbonyl (C=O) groups is 1. The van der Waals surface area contributed by atoms with Gasteiger partial charge in [-0.25, -0.2) is 0 Å². The third kappa shape index (κ3) is 3.82. The van der Waals surface area contributed by atoms with Crippen molar-refractivity contribution in [1.29, 1.82) is 0 Å². The molecule has 0 fully saturated rings. The van der Waals surface area contributed by atoms with Crippen molar-refractivity contribution in [2.24, 2.45) is 0 Å². The van der Waals surface area contributed by atoms with Gasteiger partial charge in [-0.3, -0.25) is 4.79 Å². The minimum Gasteiger partial charge on any atom is -0.496 e. The number of nitrogens with one attached hydrogen (secondary N) is 1. The maximum Gasteiger partial charge on any atom is 0.251 e. The highest BCUT2D eigenvalue weighted by atomic mass is 16.6. The van der Waals surface area contributed by atoms with Gasteiger partial charge in [-0.05, 0) is 54.8 Å². The summed E-state index contributed by atoms with van der Waals surface area (Å²) < 4.78 is 16.5. The third-order valence-corrected chi connectivity index (χ3v) is 4.32. The maximum absolute atomic E-state index is 12.6. The highest BCUT2D eigenvalue weighted by Gasteiger charge is 2.17. The molecular formula is C21H23NO4. The SMILES string of the molecule is C=CCc1cc(C(=O)N[C@H](C)c2ccc3c(c2)OCCO3)ccc1OC. The fourth-order valence-electron chi connectivity index (χ4n) is 2.93. The Kier molecular flexibility index (Phi) is 5.46. The Bertz CT molecular complexity index is 816. The van der Waals surface area contributed by atoms with E-state index in [0.717, 1.165) is 22.6 Å². The lowest BCUT2D eigenvalue weighted by Crippen LogP contribution is -2.27. The molecule has 5 nitrogen and oxygen atoms in total. The number of hydrogen-bond donors (Lipinski definition) is 1. The lowest BCUT2D eigenvalue weighted by Gasteiger charge is -2.21. The summed E-state index contributed by atoms with van der Waals surface area (Å²) in [6, 6.07) is 11.0. The summed E-state index contributed by atoms with van der Waals surface area (Å²) in [4.78, 5) is 12.6. The van der Waals surface area contributed by atoms with Gasteiger partial charge in [-0.15, -0.1) is 6.58 Å². The summed E-state index contributed by atoms with van der Waals surface area (Å²) in [5, 5.41) is 3.02. The molecule has 136 valence electrons. The van der Waals surface area contributed by atoms with Gasteiger partial charge in [0.05, 0.1) is 13.2 Å². The highest BCUT2D eigenvalue weighted by molar-refractivity contribution is 5.94. The highest BCUT2D eigenvalue weighted by Crippen LogP contribution is 2.32. The quantitative estimate of drug-likeness (QED) is 0.805. The lowest BCUT2D eigenvalue weighted by atomic mass is 10.0. The van der Waals surface area contributed by atoms with Crippen LogP contribution in [0.1, 0.15) is 34.5 Å². The van der Waals surface area contributed by atoms with Crippen LogP contribution in [0, 0.1) is 0 Å². The van der Waals surface area contributed by atoms with Crippen LogP contribution in [-0.4, -0.2) is 26.2 Å². The molecule has 0 aromatic heterocycles. The molecule has 0 bridgehead atoms. The van der Waals surface area contributed by atoms with Gasteiger partial charge in [0, 0.05) is 5.56 Å². The van der Waals surface area contributed by atoms with Crippen molar-refractivity contribution in [3.63, 3.8) is 0 Å². The van der Waals surface area contributed by atoms with E-state index in [1.807, 2.05) is 37.3 Å². The Hall–Kier alpha value is -2.95. The molecule has 2 aromatic rings. The van der Waals surface area contributed by atoms with Crippen LogP contribution in [0.5, 0.6) is 17.2 Å². The average Bonchev–Trinajstić information content (AvgIpc) is 2.67. The van der Waals surface area contributed by atoms with Gasteiger partial charge in [0.1, 0.15) is 19.0 Å². The predicted octanol–water partition coefficient (Wildman–Crippen LogP) is 3.69. The Morgan fingerprint density at radius 3 is 2.73 bits per heavy atom. The molecule has 26 heavy (non-hydrogen) atoms. The first-order valence-electron chi connectivity index (χ1n) is 8.60. The van der Waals surface area contributed by atoms with E-state index in [1.54, 1.807) is 19.3 Å². The van der Waals surface area contributed by atoms with Crippen LogP contribution in [0.15, 0.2) is 49.1 Å². The molecule has 1 heterocycles. The molecule has 0 unspecified atom stereocenters. The molecule has 0 saturated carbocycles. The van der Waals surface area contributed by atoms with Gasteiger partial charge in [-0.1, -0.05) is 12.1 Å². The van der Waals surface area contributed by atoms with E-state index in [2.05, 4.69) is 11.9 Å². The molecule has 3 rings (SSSR count). The fourth-order valence-corrected chi connectivity index (χ4v) is 2.93. The zero-order chi connectivity index (χ0) is 18.5. The molecule has 1 atom stereocenters. The van der Waals surface area contributed by atoms with E-state index in [9.17, 15) is 4.79 Å². The summed E-state index contributed by atoms with van der Waals surface area (Å²) in [6.45, 7) is 6.79. The van der Waals surface area contributed by atoms with Crippen molar-refractivity contribution in [2.75, 3.05) is 20.3 Å². The monoisotopic (exact) mass is 353 g/mol. The van der Waals surface area contributed by atoms with Crippen molar-refractivity contribution in [3.8, 4) is 17.2 Å². The zero-order valence-electron chi connectivity index (χ0n) is 15.1. The van der Waals surface area contributed by atoms with Crippen molar-refractivity contribution in [1.82, 2.24) is 5.32 Å². The van der Waals surface area contributed by atoms with E-state index in [4.69, 9.17) is 14.2 Å². The van der Waals surface area contributed by atoms with Gasteiger partial charge in [0.25, 0.3) is 5.91 Å². The Labute approximate surface area is 153 Å². The number of amides is 1. The van der Waals surface area contributed by atoms with Crippen LogP contribution in [-0.2, 0) is 6.42 Å². The van der Waals surface area contributed by atoms with Crippen LogP contribution in [0.3, 0.4) is 0 Å². The van der Waals surface area contributed by atoms with Crippen molar-refractivity contribution >= 4 is 5.91 Å². The van der Waals surface area contributed by atoms with Gasteiger partial charge in [0.15, 0.2) is 11.5 Å². The van der Waals surface area contributed by atoms with Crippen LogP contribution >= 0.6 is 0 Å². The van der Waals surface area contributed by atoms with Gasteiger partial charge >= 0.3 is 0 Å². The second-order valence-electron chi connectivity index (χ2n) is 6.12. The minimum atomic E-state index is -0.164. The Morgan fingerprint density at radius 1 is 1.23 bits per heavy atom. The Morgan fingerprint density at radius 2 is 2.00 bits per heavy atom. The number of carbonyl (C=O) groups excluding carboxylic acids is 1. The van der Waals surface area contributed by atoms with E-state index < -0.39 is 0 Å². The molecule has 5 heteroatoms. The molecule has 1 aliphatic rings. The topological polar surface area (TPSA) is 56.8 Å². The summed E-state index contributed by atoms with van der Waals surface area (Å²) in [6.07, 6.45) is 2.43. The second kappa shape index (κ2) is 7.95. The Balaban J connectivity index is 1.75. The van der Waals surface area contributed by atoms with Crippen molar-refractivity contribution in [3.05, 3.63) is 65.7 Å². The molecule has 0 radical (unpaired) electrons. The first-order chi connectivity index (χ1) is 12.6. The minimum absolute atomic E-state index is 0.139. The number of rotatable bonds is 6. The summed E-state index contributed by atoms with van der Waals surface area (Å²) in [5.74, 6) is 2.07. The fraction of sp³-hybridized carbons (Fsp3) is 0.286. The predicted molar refractivity (Wildman–Crippen MR) is 100 cm³/mol. The van der Waals surface area contributed by atoms with E-state index in [0.29, 0.717) is 30.9 Å². The largest absolute Gasteiger partial charge is 0.496 e. The molecule has 2 aromatic carbocycles. The maximum atomic E-state index is 12.6. The van der Waals surface area contributed by atoms with Crippen molar-refractivity contribution in [2.45, 2.75) is 19.4 Å². The molecule has 0 saturated heterocycles. The van der Waals surface area contributed by atoms with Crippen molar-refractivity contribution < 1.29 is 19.0 Å². The summed E-state index contributed by atoms with van der Waals surface area (Å²) in [7, 11) is 1.62. The number of benzene rings is 2. The summed E-state index contributed by atoms with van der Waals surface area (Å²) in [5.41, 5.74) is 2.48. The zero-order valence-corrected chi connectivity index (χ0v) is 15.1. The van der Waals surface area contributed by atoms with Gasteiger partial charge in [0.2, 0.25) is 0 Å². The van der Waals surface area contributed by atoms with Crippen LogP contribution in [0.25, 0.3) is 0 Å². The van der Waals surface area contributed by atoms with Crippen LogP contribution in [0.2, 0.25) is 0 Å². The third-order valence-electron chi connectivity index (χ3n) is 4.32. The molecule has 0 spiro atoms. The molecule has 1 N–H and O–H groups in total. The van der Waals surface area contributed by atoms with Gasteiger partial charge in [-0.2, -0.15) is 0 Å². The number of methoxy groups -OCH3 is 1. The summed E-state index contributed by atoms with van der Waals surface area (Å²) >= 11 is 0. The number of allylic oxidation sites excluding steroid dienone is 1. The average molecular weight is 353 g/mol. The number of hydrogen-bond acceptors (Lipinski definition) is 4. The van der Waals surface area contributed by atoms with E-state index in [-0.39, 0.29) is 11.9 Å². The lowest BCUT2D eigenvalue weighted by molar-refractivity contribution is 0.0939.